The largest absolute Gasteiger partial charge is 0.383 e. The standard InChI is InChI=1S/C13H27N3O2/c1-10(2)12(14)13(17)16-7-5-15(6-8-16)11(3)9-18-4/h10-12H,5-9,14H2,1-4H3/t11?,12-/m0/s1. The van der Waals surface area contributed by atoms with Gasteiger partial charge in [-0.3, -0.25) is 9.69 Å². The molecule has 5 nitrogen and oxygen atoms in total. The summed E-state index contributed by atoms with van der Waals surface area (Å²) in [4.78, 5) is 16.3. The molecule has 1 unspecified atom stereocenters. The summed E-state index contributed by atoms with van der Waals surface area (Å²) in [5.41, 5.74) is 5.91. The first-order valence-corrected chi connectivity index (χ1v) is 6.74. The van der Waals surface area contributed by atoms with Crippen molar-refractivity contribution in [3.8, 4) is 0 Å². The molecule has 0 aromatic heterocycles. The molecule has 0 spiro atoms. The molecule has 1 fully saturated rings. The third-order valence-corrected chi connectivity index (χ3v) is 3.66. The van der Waals surface area contributed by atoms with Gasteiger partial charge in [0.25, 0.3) is 0 Å². The minimum absolute atomic E-state index is 0.0871. The molecule has 0 radical (unpaired) electrons. The summed E-state index contributed by atoms with van der Waals surface area (Å²) in [5.74, 6) is 0.284. The van der Waals surface area contributed by atoms with Crippen LogP contribution in [0.5, 0.6) is 0 Å². The Hall–Kier alpha value is -0.650. The number of nitrogens with zero attached hydrogens (tertiary/aromatic N) is 2. The lowest BCUT2D eigenvalue weighted by atomic mass is 10.0. The molecule has 2 N–H and O–H groups in total. The molecule has 2 atom stereocenters. The van der Waals surface area contributed by atoms with Crippen LogP contribution in [0.25, 0.3) is 0 Å². The van der Waals surface area contributed by atoms with Crippen molar-refractivity contribution in [2.24, 2.45) is 11.7 Å². The molecule has 1 aliphatic heterocycles. The lowest BCUT2D eigenvalue weighted by molar-refractivity contribution is -0.135. The van der Waals surface area contributed by atoms with E-state index in [1.807, 2.05) is 18.7 Å². The number of rotatable bonds is 5. The third kappa shape index (κ3) is 3.93. The molecule has 0 bridgehead atoms. The van der Waals surface area contributed by atoms with Gasteiger partial charge in [0, 0.05) is 39.3 Å². The Bertz CT molecular complexity index is 263. The van der Waals surface area contributed by atoms with E-state index in [4.69, 9.17) is 10.5 Å². The van der Waals surface area contributed by atoms with E-state index in [1.54, 1.807) is 7.11 Å². The average Bonchev–Trinajstić information content (AvgIpc) is 2.37. The molecule has 1 aliphatic rings. The predicted octanol–water partition coefficient (Wildman–Crippen LogP) is 0.149. The van der Waals surface area contributed by atoms with Gasteiger partial charge in [0.2, 0.25) is 5.91 Å². The summed E-state index contributed by atoms with van der Waals surface area (Å²) in [5, 5.41) is 0. The maximum atomic E-state index is 12.1. The van der Waals surface area contributed by atoms with Gasteiger partial charge in [-0.15, -0.1) is 0 Å². The molecule has 1 heterocycles. The molecule has 0 aromatic carbocycles. The van der Waals surface area contributed by atoms with E-state index in [2.05, 4.69) is 11.8 Å². The Kier molecular flexibility index (Phi) is 6.05. The molecule has 5 heteroatoms. The number of hydrogen-bond acceptors (Lipinski definition) is 4. The second-order valence-electron chi connectivity index (χ2n) is 5.44. The molecular weight excluding hydrogens is 230 g/mol. The van der Waals surface area contributed by atoms with Crippen molar-refractivity contribution < 1.29 is 9.53 Å². The van der Waals surface area contributed by atoms with Crippen LogP contribution in [-0.4, -0.2) is 67.7 Å². The predicted molar refractivity (Wildman–Crippen MR) is 72.3 cm³/mol. The van der Waals surface area contributed by atoms with Gasteiger partial charge in [0.05, 0.1) is 12.6 Å². The first kappa shape index (κ1) is 15.4. The van der Waals surface area contributed by atoms with Crippen LogP contribution < -0.4 is 5.73 Å². The average molecular weight is 257 g/mol. The summed E-state index contributed by atoms with van der Waals surface area (Å²) in [7, 11) is 1.72. The van der Waals surface area contributed by atoms with Gasteiger partial charge in [0.15, 0.2) is 0 Å². The summed E-state index contributed by atoms with van der Waals surface area (Å²) in [6.45, 7) is 10.2. The fourth-order valence-corrected chi connectivity index (χ4v) is 2.23. The van der Waals surface area contributed by atoms with Crippen LogP contribution in [0.3, 0.4) is 0 Å². The monoisotopic (exact) mass is 257 g/mol. The molecule has 1 saturated heterocycles. The Morgan fingerprint density at radius 3 is 2.22 bits per heavy atom. The van der Waals surface area contributed by atoms with E-state index in [0.29, 0.717) is 6.04 Å². The van der Waals surface area contributed by atoms with Gasteiger partial charge in [-0.05, 0) is 12.8 Å². The molecule has 0 saturated carbocycles. The van der Waals surface area contributed by atoms with E-state index < -0.39 is 0 Å². The Balaban J connectivity index is 2.41. The first-order chi connectivity index (χ1) is 8.47. The number of methoxy groups -OCH3 is 1. The zero-order chi connectivity index (χ0) is 13.7. The molecule has 0 aliphatic carbocycles. The molecule has 106 valence electrons. The molecule has 1 rings (SSSR count). The van der Waals surface area contributed by atoms with Crippen molar-refractivity contribution >= 4 is 5.91 Å². The smallest absolute Gasteiger partial charge is 0.239 e. The highest BCUT2D eigenvalue weighted by molar-refractivity contribution is 5.82. The van der Waals surface area contributed by atoms with Crippen molar-refractivity contribution in [1.82, 2.24) is 9.80 Å². The molecule has 1 amide bonds. The van der Waals surface area contributed by atoms with Crippen LogP contribution in [-0.2, 0) is 9.53 Å². The van der Waals surface area contributed by atoms with Crippen LogP contribution in [0.15, 0.2) is 0 Å². The van der Waals surface area contributed by atoms with E-state index in [9.17, 15) is 4.79 Å². The Labute approximate surface area is 110 Å². The van der Waals surface area contributed by atoms with Gasteiger partial charge in [-0.2, -0.15) is 0 Å². The van der Waals surface area contributed by atoms with Gasteiger partial charge >= 0.3 is 0 Å². The van der Waals surface area contributed by atoms with Gasteiger partial charge in [-0.25, -0.2) is 0 Å². The van der Waals surface area contributed by atoms with Crippen molar-refractivity contribution in [3.63, 3.8) is 0 Å². The van der Waals surface area contributed by atoms with Gasteiger partial charge in [0.1, 0.15) is 0 Å². The summed E-state index contributed by atoms with van der Waals surface area (Å²) in [6.07, 6.45) is 0. The van der Waals surface area contributed by atoms with E-state index in [0.717, 1.165) is 32.8 Å². The highest BCUT2D eigenvalue weighted by Gasteiger charge is 2.28. The van der Waals surface area contributed by atoms with Gasteiger partial charge < -0.3 is 15.4 Å². The van der Waals surface area contributed by atoms with E-state index in [1.165, 1.54) is 0 Å². The van der Waals surface area contributed by atoms with Gasteiger partial charge in [-0.1, -0.05) is 13.8 Å². The Morgan fingerprint density at radius 1 is 1.22 bits per heavy atom. The van der Waals surface area contributed by atoms with Crippen LogP contribution in [0.1, 0.15) is 20.8 Å². The fourth-order valence-electron chi connectivity index (χ4n) is 2.23. The minimum atomic E-state index is -0.368. The number of carbonyl (C=O) groups is 1. The maximum absolute atomic E-state index is 12.1. The topological polar surface area (TPSA) is 58.8 Å². The van der Waals surface area contributed by atoms with Crippen LogP contribution in [0.2, 0.25) is 0 Å². The third-order valence-electron chi connectivity index (χ3n) is 3.66. The highest BCUT2D eigenvalue weighted by Crippen LogP contribution is 2.10. The van der Waals surface area contributed by atoms with E-state index >= 15 is 0 Å². The number of carbonyl (C=O) groups excluding carboxylic acids is 1. The molecule has 18 heavy (non-hydrogen) atoms. The summed E-state index contributed by atoms with van der Waals surface area (Å²) < 4.78 is 5.16. The van der Waals surface area contributed by atoms with Crippen molar-refractivity contribution in [3.05, 3.63) is 0 Å². The minimum Gasteiger partial charge on any atom is -0.383 e. The fraction of sp³-hybridized carbons (Fsp3) is 0.923. The molecule has 0 aromatic rings. The van der Waals surface area contributed by atoms with Crippen LogP contribution in [0, 0.1) is 5.92 Å². The number of piperazine rings is 1. The lowest BCUT2D eigenvalue weighted by Gasteiger charge is -2.39. The number of amides is 1. The SMILES string of the molecule is COCC(C)N1CCN(C(=O)[C@@H](N)C(C)C)CC1. The van der Waals surface area contributed by atoms with Crippen LogP contribution >= 0.6 is 0 Å². The summed E-state index contributed by atoms with van der Waals surface area (Å²) >= 11 is 0. The first-order valence-electron chi connectivity index (χ1n) is 6.74. The second-order valence-corrected chi connectivity index (χ2v) is 5.44. The lowest BCUT2D eigenvalue weighted by Crippen LogP contribution is -2.56. The number of nitrogens with two attached hydrogens (primary N) is 1. The van der Waals surface area contributed by atoms with Crippen LogP contribution in [0.4, 0.5) is 0 Å². The number of ether oxygens (including phenoxy) is 1. The zero-order valence-electron chi connectivity index (χ0n) is 12.1. The summed E-state index contributed by atoms with van der Waals surface area (Å²) in [6, 6.07) is 0.0407. The quantitative estimate of drug-likeness (QED) is 0.761. The highest BCUT2D eigenvalue weighted by atomic mass is 16.5. The molecular formula is C13H27N3O2. The maximum Gasteiger partial charge on any atom is 0.239 e. The normalized spacial score (nSPS) is 21.1. The number of hydrogen-bond donors (Lipinski definition) is 1. The second kappa shape index (κ2) is 7.07. The van der Waals surface area contributed by atoms with Crippen molar-refractivity contribution in [2.75, 3.05) is 39.9 Å². The Morgan fingerprint density at radius 2 is 1.78 bits per heavy atom. The van der Waals surface area contributed by atoms with Crippen molar-refractivity contribution in [1.29, 1.82) is 0 Å². The zero-order valence-corrected chi connectivity index (χ0v) is 12.1. The van der Waals surface area contributed by atoms with E-state index in [-0.39, 0.29) is 17.9 Å². The van der Waals surface area contributed by atoms with Crippen molar-refractivity contribution in [2.45, 2.75) is 32.9 Å².